The predicted octanol–water partition coefficient (Wildman–Crippen LogP) is 3.67. The average Bonchev–Trinajstić information content (AvgIpc) is 3.39. The SMILES string of the molecule is COc1ccc(-c2noc(CN3CCN(C(=O)c4sc(CC(C)C)nc4C)CC3)n2)cc1. The number of aryl methyl sites for hydroxylation is 1. The van der Waals surface area contributed by atoms with Crippen LogP contribution in [-0.2, 0) is 13.0 Å². The van der Waals surface area contributed by atoms with E-state index in [1.807, 2.05) is 36.1 Å². The van der Waals surface area contributed by atoms with Gasteiger partial charge < -0.3 is 14.2 Å². The Labute approximate surface area is 192 Å². The number of carbonyl (C=O) groups excluding carboxylic acids is 1. The van der Waals surface area contributed by atoms with Gasteiger partial charge in [0.05, 0.1) is 24.4 Å². The molecular weight excluding hydrogens is 426 g/mol. The lowest BCUT2D eigenvalue weighted by atomic mass is 10.1. The van der Waals surface area contributed by atoms with Crippen LogP contribution in [0.2, 0.25) is 0 Å². The number of piperazine rings is 1. The average molecular weight is 456 g/mol. The highest BCUT2D eigenvalue weighted by Gasteiger charge is 2.26. The highest BCUT2D eigenvalue weighted by Crippen LogP contribution is 2.24. The van der Waals surface area contributed by atoms with Crippen LogP contribution in [0, 0.1) is 12.8 Å². The minimum Gasteiger partial charge on any atom is -0.497 e. The Balaban J connectivity index is 1.32. The van der Waals surface area contributed by atoms with Gasteiger partial charge in [-0.2, -0.15) is 4.98 Å². The number of ether oxygens (including phenoxy) is 1. The molecule has 8 nitrogen and oxygen atoms in total. The van der Waals surface area contributed by atoms with Crippen molar-refractivity contribution in [3.05, 3.63) is 45.7 Å². The lowest BCUT2D eigenvalue weighted by Gasteiger charge is -2.33. The molecule has 3 heterocycles. The first-order valence-electron chi connectivity index (χ1n) is 10.9. The van der Waals surface area contributed by atoms with Gasteiger partial charge in [0.25, 0.3) is 5.91 Å². The first-order chi connectivity index (χ1) is 15.4. The summed E-state index contributed by atoms with van der Waals surface area (Å²) >= 11 is 1.54. The maximum absolute atomic E-state index is 13.0. The standard InChI is InChI=1S/C23H29N5O3S/c1-15(2)13-20-24-16(3)21(32-20)23(29)28-11-9-27(10-12-28)14-19-25-22(26-31-19)17-5-7-18(30-4)8-6-17/h5-8,15H,9-14H2,1-4H3. The Morgan fingerprint density at radius 3 is 2.53 bits per heavy atom. The number of carbonyl (C=O) groups is 1. The molecule has 1 aliphatic rings. The molecule has 1 aromatic carbocycles. The van der Waals surface area contributed by atoms with E-state index in [4.69, 9.17) is 9.26 Å². The summed E-state index contributed by atoms with van der Waals surface area (Å²) in [4.78, 5) is 27.1. The maximum atomic E-state index is 13.0. The summed E-state index contributed by atoms with van der Waals surface area (Å²) in [6.07, 6.45) is 0.912. The minimum absolute atomic E-state index is 0.0919. The molecule has 1 aliphatic heterocycles. The monoisotopic (exact) mass is 455 g/mol. The molecule has 0 N–H and O–H groups in total. The number of hydrogen-bond acceptors (Lipinski definition) is 8. The zero-order valence-corrected chi connectivity index (χ0v) is 19.8. The van der Waals surface area contributed by atoms with Gasteiger partial charge in [-0.1, -0.05) is 19.0 Å². The van der Waals surface area contributed by atoms with E-state index in [-0.39, 0.29) is 5.91 Å². The third kappa shape index (κ3) is 5.16. The van der Waals surface area contributed by atoms with Gasteiger partial charge in [0.1, 0.15) is 10.6 Å². The predicted molar refractivity (Wildman–Crippen MR) is 123 cm³/mol. The van der Waals surface area contributed by atoms with Crippen LogP contribution in [0.15, 0.2) is 28.8 Å². The van der Waals surface area contributed by atoms with Crippen molar-refractivity contribution in [2.75, 3.05) is 33.3 Å². The maximum Gasteiger partial charge on any atom is 0.265 e. The molecule has 1 saturated heterocycles. The molecule has 32 heavy (non-hydrogen) atoms. The molecular formula is C23H29N5O3S. The summed E-state index contributed by atoms with van der Waals surface area (Å²) in [7, 11) is 1.64. The van der Waals surface area contributed by atoms with Crippen molar-refractivity contribution in [2.24, 2.45) is 5.92 Å². The van der Waals surface area contributed by atoms with E-state index >= 15 is 0 Å². The summed E-state index contributed by atoms with van der Waals surface area (Å²) in [5.41, 5.74) is 1.72. The molecule has 0 bridgehead atoms. The molecule has 0 spiro atoms. The number of methoxy groups -OCH3 is 1. The van der Waals surface area contributed by atoms with Gasteiger partial charge >= 0.3 is 0 Å². The summed E-state index contributed by atoms with van der Waals surface area (Å²) in [6.45, 7) is 9.72. The normalized spacial score (nSPS) is 14.8. The van der Waals surface area contributed by atoms with E-state index in [9.17, 15) is 4.79 Å². The van der Waals surface area contributed by atoms with E-state index in [1.165, 1.54) is 11.3 Å². The third-order valence-electron chi connectivity index (χ3n) is 5.45. The molecule has 0 atom stereocenters. The van der Waals surface area contributed by atoms with Crippen LogP contribution in [0.4, 0.5) is 0 Å². The lowest BCUT2D eigenvalue weighted by molar-refractivity contribution is 0.0619. The number of rotatable bonds is 7. The largest absolute Gasteiger partial charge is 0.497 e. The van der Waals surface area contributed by atoms with Crippen LogP contribution in [-0.4, -0.2) is 64.1 Å². The lowest BCUT2D eigenvalue weighted by Crippen LogP contribution is -2.48. The second-order valence-electron chi connectivity index (χ2n) is 8.43. The fourth-order valence-corrected chi connectivity index (χ4v) is 4.95. The van der Waals surface area contributed by atoms with E-state index in [0.717, 1.165) is 46.4 Å². The fraction of sp³-hybridized carbons (Fsp3) is 0.478. The summed E-state index contributed by atoms with van der Waals surface area (Å²) in [5, 5.41) is 5.14. The molecule has 1 fully saturated rings. The van der Waals surface area contributed by atoms with Crippen molar-refractivity contribution in [3.63, 3.8) is 0 Å². The molecule has 0 radical (unpaired) electrons. The van der Waals surface area contributed by atoms with E-state index in [2.05, 4.69) is 33.9 Å². The van der Waals surface area contributed by atoms with Crippen LogP contribution in [0.25, 0.3) is 11.4 Å². The van der Waals surface area contributed by atoms with Crippen LogP contribution in [0.3, 0.4) is 0 Å². The fourth-order valence-electron chi connectivity index (χ4n) is 3.71. The third-order valence-corrected chi connectivity index (χ3v) is 6.62. The molecule has 1 amide bonds. The van der Waals surface area contributed by atoms with Gasteiger partial charge in [0, 0.05) is 38.2 Å². The van der Waals surface area contributed by atoms with Crippen LogP contribution < -0.4 is 4.74 Å². The zero-order chi connectivity index (χ0) is 22.7. The number of benzene rings is 1. The summed E-state index contributed by atoms with van der Waals surface area (Å²) in [6, 6.07) is 7.56. The Kier molecular flexibility index (Phi) is 6.86. The van der Waals surface area contributed by atoms with Crippen molar-refractivity contribution < 1.29 is 14.1 Å². The number of thiazole rings is 1. The van der Waals surface area contributed by atoms with Crippen LogP contribution in [0.5, 0.6) is 5.75 Å². The second kappa shape index (κ2) is 9.79. The summed E-state index contributed by atoms with van der Waals surface area (Å²) < 4.78 is 10.6. The topological polar surface area (TPSA) is 84.6 Å². The number of hydrogen-bond donors (Lipinski definition) is 0. The van der Waals surface area contributed by atoms with Gasteiger partial charge in [0.2, 0.25) is 11.7 Å². The van der Waals surface area contributed by atoms with Crippen molar-refractivity contribution >= 4 is 17.2 Å². The van der Waals surface area contributed by atoms with Crippen molar-refractivity contribution in [3.8, 4) is 17.1 Å². The molecule has 0 saturated carbocycles. The zero-order valence-electron chi connectivity index (χ0n) is 19.0. The van der Waals surface area contributed by atoms with Crippen molar-refractivity contribution in [1.82, 2.24) is 24.9 Å². The van der Waals surface area contributed by atoms with Crippen LogP contribution in [0.1, 0.15) is 40.1 Å². The molecule has 0 unspecified atom stereocenters. The Bertz CT molecular complexity index is 1050. The first kappa shape index (κ1) is 22.4. The van der Waals surface area contributed by atoms with E-state index in [1.54, 1.807) is 7.11 Å². The van der Waals surface area contributed by atoms with Gasteiger partial charge in [-0.15, -0.1) is 11.3 Å². The van der Waals surface area contributed by atoms with E-state index < -0.39 is 0 Å². The molecule has 4 rings (SSSR count). The highest BCUT2D eigenvalue weighted by molar-refractivity contribution is 7.13. The smallest absolute Gasteiger partial charge is 0.265 e. The Morgan fingerprint density at radius 1 is 1.16 bits per heavy atom. The van der Waals surface area contributed by atoms with Gasteiger partial charge in [-0.25, -0.2) is 4.98 Å². The summed E-state index contributed by atoms with van der Waals surface area (Å²) in [5.74, 6) is 2.55. The molecule has 170 valence electrons. The molecule has 0 aliphatic carbocycles. The number of aromatic nitrogens is 3. The molecule has 2 aromatic heterocycles. The first-order valence-corrected chi connectivity index (χ1v) is 11.7. The van der Waals surface area contributed by atoms with Crippen molar-refractivity contribution in [1.29, 1.82) is 0 Å². The van der Waals surface area contributed by atoms with Crippen LogP contribution >= 0.6 is 11.3 Å². The van der Waals surface area contributed by atoms with Gasteiger partial charge in [-0.05, 0) is 37.1 Å². The van der Waals surface area contributed by atoms with Crippen molar-refractivity contribution in [2.45, 2.75) is 33.7 Å². The number of nitrogens with zero attached hydrogens (tertiary/aromatic N) is 5. The van der Waals surface area contributed by atoms with Gasteiger partial charge in [0.15, 0.2) is 0 Å². The Morgan fingerprint density at radius 2 is 1.88 bits per heavy atom. The highest BCUT2D eigenvalue weighted by atomic mass is 32.1. The molecule has 9 heteroatoms. The van der Waals surface area contributed by atoms with E-state index in [0.29, 0.717) is 37.3 Å². The second-order valence-corrected chi connectivity index (χ2v) is 9.51. The Hall–Kier alpha value is -2.78. The van der Waals surface area contributed by atoms with Gasteiger partial charge in [-0.3, -0.25) is 9.69 Å². The minimum atomic E-state index is 0.0919. The molecule has 3 aromatic rings. The quantitative estimate of drug-likeness (QED) is 0.537. The number of amides is 1.